The van der Waals surface area contributed by atoms with Crippen molar-refractivity contribution in [1.82, 2.24) is 10.6 Å². The maximum absolute atomic E-state index is 13.0. The van der Waals surface area contributed by atoms with E-state index in [0.717, 1.165) is 13.8 Å². The summed E-state index contributed by atoms with van der Waals surface area (Å²) >= 11 is 0. The lowest BCUT2D eigenvalue weighted by atomic mass is 9.88. The number of hydrogen-bond acceptors (Lipinski definition) is 27. The largest absolute Gasteiger partial charge is 0.544 e. The number of carbonyl (C=O) groups is 3. The summed E-state index contributed by atoms with van der Waals surface area (Å²) < 4.78 is 58.3. The first-order valence-electron chi connectivity index (χ1n) is 21.9. The molecule has 29 nitrogen and oxygen atoms in total. The minimum atomic E-state index is -3.27. The van der Waals surface area contributed by atoms with Gasteiger partial charge < -0.3 is 134 Å². The quantitative estimate of drug-likeness (QED) is 0.0571. The van der Waals surface area contributed by atoms with E-state index in [1.54, 1.807) is 6.92 Å². The molecule has 0 aromatic rings. The van der Waals surface area contributed by atoms with E-state index in [1.165, 1.54) is 6.92 Å². The number of aliphatic carboxylic acids is 1. The van der Waals surface area contributed by atoms with Crippen molar-refractivity contribution in [3.63, 3.8) is 0 Å². The molecule has 2 amide bonds. The first-order chi connectivity index (χ1) is 32.1. The van der Waals surface area contributed by atoms with Crippen molar-refractivity contribution in [3.05, 3.63) is 0 Å². The fraction of sp³-hybridized carbons (Fsp3) is 0.923. The van der Waals surface area contributed by atoms with Crippen molar-refractivity contribution in [1.29, 1.82) is 0 Å². The number of hydrogen-bond donors (Lipinski definition) is 15. The molecule has 0 aromatic heterocycles. The van der Waals surface area contributed by atoms with E-state index < -0.39 is 204 Å². The fourth-order valence-corrected chi connectivity index (χ4v) is 8.69. The number of carbonyl (C=O) groups excluding carboxylic acids is 3. The van der Waals surface area contributed by atoms with Gasteiger partial charge in [0.05, 0.1) is 50.8 Å². The number of aliphatic hydroxyl groups excluding tert-OH is 13. The zero-order chi connectivity index (χ0) is 50.5. The number of ether oxygens (including phenoxy) is 10. The lowest BCUT2D eigenvalue weighted by molar-refractivity contribution is -0.413. The van der Waals surface area contributed by atoms with E-state index in [9.17, 15) is 85.9 Å². The fourth-order valence-electron chi connectivity index (χ4n) is 8.69. The van der Waals surface area contributed by atoms with Crippen LogP contribution in [0.4, 0.5) is 0 Å². The molecule has 0 radical (unpaired) electrons. The van der Waals surface area contributed by atoms with Gasteiger partial charge in [-0.3, -0.25) is 9.59 Å². The van der Waals surface area contributed by atoms with Crippen molar-refractivity contribution in [3.8, 4) is 0 Å². The molecule has 0 saturated carbocycles. The van der Waals surface area contributed by atoms with E-state index in [4.69, 9.17) is 47.4 Å². The van der Waals surface area contributed by atoms with Crippen molar-refractivity contribution in [2.45, 2.75) is 193 Å². The number of carboxylic acids is 1. The van der Waals surface area contributed by atoms with Crippen LogP contribution in [0.2, 0.25) is 0 Å². The molecular formula is C39H65N2O27-. The van der Waals surface area contributed by atoms with Crippen molar-refractivity contribution in [2.24, 2.45) is 0 Å². The second kappa shape index (κ2) is 24.3. The second-order valence-electron chi connectivity index (χ2n) is 17.1. The average Bonchev–Trinajstić information content (AvgIpc) is 3.28. The molecule has 5 fully saturated rings. The van der Waals surface area contributed by atoms with E-state index in [1.807, 2.05) is 0 Å². The van der Waals surface area contributed by atoms with Gasteiger partial charge in [0.2, 0.25) is 17.6 Å². The van der Waals surface area contributed by atoms with Gasteiger partial charge in [-0.15, -0.1) is 0 Å². The third-order valence-corrected chi connectivity index (χ3v) is 12.2. The Labute approximate surface area is 387 Å². The van der Waals surface area contributed by atoms with Crippen molar-refractivity contribution in [2.75, 3.05) is 33.0 Å². The molecule has 15 N–H and O–H groups in total. The third-order valence-electron chi connectivity index (χ3n) is 12.2. The van der Waals surface area contributed by atoms with Gasteiger partial charge in [-0.25, -0.2) is 0 Å². The van der Waals surface area contributed by atoms with Gasteiger partial charge in [-0.2, -0.15) is 0 Å². The molecule has 29 heteroatoms. The lowest BCUT2D eigenvalue weighted by Gasteiger charge is -2.53. The molecule has 5 rings (SSSR count). The molecule has 0 spiro atoms. The zero-order valence-corrected chi connectivity index (χ0v) is 37.3. The topological polar surface area (TPSA) is 454 Å². The maximum atomic E-state index is 13.0. The van der Waals surface area contributed by atoms with E-state index in [-0.39, 0.29) is 13.0 Å². The smallest absolute Gasteiger partial charge is 0.217 e. The standard InChI is InChI=1S/C39H66N2O27/c1-5-59-36-27(55)32(25(53)19(9-43)61-36)66-35-23(41-14(4)47)31(65-34-16(49)6-15(48)12(2)60-34)29(21(11-45)63-35)64-37-28(56)33(26(54)20(10-44)62-37)68-39(38(57)58)7-17(50)22(40-13(3)46)30(67-39)24(52)18(51)8-42/h12,15-37,42-45,48-56H,5-11H2,1-4H3,(H,40,46)(H,41,47)(H,57,58)/p-1/t12-,15-,16-,17-,18+,19+,20+,21+,22+,23+,24-,25-,26-,27+,28+,29+,30+,31+,32-,33-,34-,35-,36+,37-,39-/m0/s1. The molecule has 25 atom stereocenters. The van der Waals surface area contributed by atoms with Gasteiger partial charge in [-0.05, 0) is 13.8 Å². The van der Waals surface area contributed by atoms with Crippen LogP contribution in [0.3, 0.4) is 0 Å². The van der Waals surface area contributed by atoms with Gasteiger partial charge >= 0.3 is 0 Å². The first-order valence-corrected chi connectivity index (χ1v) is 21.9. The second-order valence-corrected chi connectivity index (χ2v) is 17.1. The number of nitrogens with one attached hydrogen (secondary N) is 2. The number of carboxylic acid groups (broad SMARTS) is 1. The Balaban J connectivity index is 1.54. The van der Waals surface area contributed by atoms with E-state index in [0.29, 0.717) is 0 Å². The molecule has 0 unspecified atom stereocenters. The molecule has 394 valence electrons. The van der Waals surface area contributed by atoms with Crippen LogP contribution in [-0.4, -0.2) is 270 Å². The Morgan fingerprint density at radius 3 is 1.75 bits per heavy atom. The summed E-state index contributed by atoms with van der Waals surface area (Å²) in [6, 6.07) is -3.36. The molecule has 5 aliphatic rings. The lowest BCUT2D eigenvalue weighted by Crippen LogP contribution is -2.72. The van der Waals surface area contributed by atoms with Crippen LogP contribution in [0.25, 0.3) is 0 Å². The van der Waals surface area contributed by atoms with Crippen molar-refractivity contribution >= 4 is 17.8 Å². The van der Waals surface area contributed by atoms with E-state index >= 15 is 0 Å². The number of amides is 2. The molecule has 0 aromatic carbocycles. The summed E-state index contributed by atoms with van der Waals surface area (Å²) in [5, 5.41) is 158. The highest BCUT2D eigenvalue weighted by Crippen LogP contribution is 2.39. The summed E-state index contributed by atoms with van der Waals surface area (Å²) in [7, 11) is 0. The first kappa shape index (κ1) is 56.4. The highest BCUT2D eigenvalue weighted by molar-refractivity contribution is 5.75. The Hall–Kier alpha value is -2.51. The highest BCUT2D eigenvalue weighted by Gasteiger charge is 2.59. The molecule has 0 aliphatic carbocycles. The van der Waals surface area contributed by atoms with Crippen LogP contribution in [0.15, 0.2) is 0 Å². The Morgan fingerprint density at radius 2 is 1.19 bits per heavy atom. The summed E-state index contributed by atoms with van der Waals surface area (Å²) in [4.78, 5) is 37.9. The molecule has 68 heavy (non-hydrogen) atoms. The Morgan fingerprint density at radius 1 is 0.662 bits per heavy atom. The van der Waals surface area contributed by atoms with Gasteiger partial charge in [-0.1, -0.05) is 0 Å². The van der Waals surface area contributed by atoms with Crippen LogP contribution in [-0.2, 0) is 61.8 Å². The van der Waals surface area contributed by atoms with Crippen LogP contribution in [0, 0.1) is 0 Å². The third kappa shape index (κ3) is 12.4. The monoisotopic (exact) mass is 993 g/mol. The van der Waals surface area contributed by atoms with Crippen LogP contribution >= 0.6 is 0 Å². The minimum Gasteiger partial charge on any atom is -0.544 e. The molecule has 5 aliphatic heterocycles. The van der Waals surface area contributed by atoms with Gasteiger partial charge in [0.15, 0.2) is 25.2 Å². The highest BCUT2D eigenvalue weighted by atomic mass is 16.8. The van der Waals surface area contributed by atoms with Gasteiger partial charge in [0, 0.05) is 33.3 Å². The van der Waals surface area contributed by atoms with Gasteiger partial charge in [0.25, 0.3) is 0 Å². The Bertz CT molecular complexity index is 1640. The minimum absolute atomic E-state index is 0.00865. The summed E-state index contributed by atoms with van der Waals surface area (Å²) in [6.45, 7) is 0.983. The van der Waals surface area contributed by atoms with Crippen LogP contribution in [0.1, 0.15) is 40.5 Å². The summed E-state index contributed by atoms with van der Waals surface area (Å²) in [5.74, 6) is -7.19. The normalized spacial score (nSPS) is 45.5. The molecule has 5 saturated heterocycles. The van der Waals surface area contributed by atoms with Crippen LogP contribution in [0.5, 0.6) is 0 Å². The Kier molecular flexibility index (Phi) is 20.1. The average molecular weight is 994 g/mol. The molecule has 0 bridgehead atoms. The zero-order valence-electron chi connectivity index (χ0n) is 37.3. The van der Waals surface area contributed by atoms with Gasteiger partial charge in [0.1, 0.15) is 104 Å². The summed E-state index contributed by atoms with van der Waals surface area (Å²) in [5.41, 5.74) is 0. The van der Waals surface area contributed by atoms with Crippen molar-refractivity contribution < 1.29 is 133 Å². The van der Waals surface area contributed by atoms with Crippen LogP contribution < -0.4 is 15.7 Å². The molecule has 5 heterocycles. The predicted molar refractivity (Wildman–Crippen MR) is 211 cm³/mol. The number of aliphatic hydroxyl groups is 13. The number of rotatable bonds is 19. The maximum Gasteiger partial charge on any atom is 0.217 e. The van der Waals surface area contributed by atoms with E-state index in [2.05, 4.69) is 10.6 Å². The molecular weight excluding hydrogens is 928 g/mol. The summed E-state index contributed by atoms with van der Waals surface area (Å²) in [6.07, 6.45) is -41.7. The predicted octanol–water partition coefficient (Wildman–Crippen LogP) is -10.7. The SMILES string of the molecule is CCO[C@@H]1O[C@H](CO)[C@H](O)[C@H](O[C@@H]2O[C@H](CO)[C@@H](O[C@@H]3O[C@H](CO)[C@H](O)[C@H](O[C@]4(C(=O)[O-])C[C@H](O)[C@@H](NC(C)=O)[C@H]([C@@H](O)[C@H](O)CO)O4)[C@H]3O)[C@H](O[C@@H]3O[C@@H](C)[C@@H](O)C[C@@H]3O)[C@H]2NC(C)=O)[C@H]1O.